The number of rotatable bonds is 2. The number of carbonyl (C=O) groups is 1. The van der Waals surface area contributed by atoms with Crippen LogP contribution in [0.15, 0.2) is 18.2 Å². The maximum Gasteiger partial charge on any atom is 0.278 e. The average Bonchev–Trinajstić information content (AvgIpc) is 2.39. The highest BCUT2D eigenvalue weighted by atomic mass is 16.5. The number of anilines is 1. The van der Waals surface area contributed by atoms with Crippen molar-refractivity contribution in [2.24, 2.45) is 0 Å². The smallest absolute Gasteiger partial charge is 0.278 e. The number of benzene rings is 1. The summed E-state index contributed by atoms with van der Waals surface area (Å²) in [6, 6.07) is 4.72. The maximum absolute atomic E-state index is 11.2. The van der Waals surface area contributed by atoms with Crippen LogP contribution in [0.3, 0.4) is 0 Å². The molecule has 0 spiro atoms. The van der Waals surface area contributed by atoms with E-state index in [4.69, 9.17) is 9.94 Å². The van der Waals surface area contributed by atoms with Crippen molar-refractivity contribution in [2.45, 2.75) is 0 Å². The fourth-order valence-corrected chi connectivity index (χ4v) is 1.79. The van der Waals surface area contributed by atoms with Crippen LogP contribution < -0.4 is 10.4 Å². The lowest BCUT2D eigenvalue weighted by Crippen LogP contribution is -2.36. The van der Waals surface area contributed by atoms with Gasteiger partial charge in [0.1, 0.15) is 5.75 Å². The number of nitrogens with one attached hydrogen (secondary N) is 1. The molecule has 6 heteroatoms. The quantitative estimate of drug-likeness (QED) is 0.511. The van der Waals surface area contributed by atoms with E-state index in [1.54, 1.807) is 6.07 Å². The Hall–Kier alpha value is -1.79. The Labute approximate surface area is 98.4 Å². The van der Waals surface area contributed by atoms with Gasteiger partial charge in [0.25, 0.3) is 5.91 Å². The third-order valence-corrected chi connectivity index (χ3v) is 2.70. The number of phenols is 1. The zero-order valence-electron chi connectivity index (χ0n) is 9.22. The number of hydrogen-bond acceptors (Lipinski definition) is 5. The zero-order chi connectivity index (χ0) is 12.3. The summed E-state index contributed by atoms with van der Waals surface area (Å²) < 4.78 is 5.23. The Balaban J connectivity index is 2.20. The summed E-state index contributed by atoms with van der Waals surface area (Å²) in [7, 11) is 0. The van der Waals surface area contributed by atoms with Crippen molar-refractivity contribution in [2.75, 3.05) is 31.2 Å². The summed E-state index contributed by atoms with van der Waals surface area (Å²) in [4.78, 5) is 13.2. The van der Waals surface area contributed by atoms with Crippen molar-refractivity contribution in [3.05, 3.63) is 23.8 Å². The van der Waals surface area contributed by atoms with Crippen molar-refractivity contribution in [1.82, 2.24) is 5.48 Å². The molecule has 0 atom stereocenters. The van der Waals surface area contributed by atoms with E-state index in [9.17, 15) is 9.90 Å². The van der Waals surface area contributed by atoms with Crippen LogP contribution in [0.5, 0.6) is 5.75 Å². The highest BCUT2D eigenvalue weighted by molar-refractivity contribution is 5.96. The number of phenolic OH excluding ortho intramolecular Hbond substituents is 1. The fourth-order valence-electron chi connectivity index (χ4n) is 1.79. The number of hydroxylamine groups is 1. The molecule has 6 nitrogen and oxygen atoms in total. The van der Waals surface area contributed by atoms with E-state index in [0.717, 1.165) is 18.8 Å². The minimum Gasteiger partial charge on any atom is -0.507 e. The van der Waals surface area contributed by atoms with Gasteiger partial charge in [0.15, 0.2) is 0 Å². The predicted octanol–water partition coefficient (Wildman–Crippen LogP) is 0.348. The topological polar surface area (TPSA) is 82.0 Å². The molecule has 92 valence electrons. The lowest BCUT2D eigenvalue weighted by atomic mass is 10.1. The molecule has 1 aliphatic rings. The molecule has 1 aliphatic heterocycles. The number of amides is 1. The van der Waals surface area contributed by atoms with Crippen molar-refractivity contribution >= 4 is 11.6 Å². The summed E-state index contributed by atoms with van der Waals surface area (Å²) in [5.41, 5.74) is 2.37. The fraction of sp³-hybridized carbons (Fsp3) is 0.364. The highest BCUT2D eigenvalue weighted by Gasteiger charge is 2.15. The molecular formula is C11H14N2O4. The van der Waals surface area contributed by atoms with Crippen molar-refractivity contribution in [3.8, 4) is 5.75 Å². The molecule has 1 aromatic carbocycles. The Morgan fingerprint density at radius 1 is 1.35 bits per heavy atom. The molecule has 2 rings (SSSR count). The number of hydrogen-bond donors (Lipinski definition) is 3. The third-order valence-electron chi connectivity index (χ3n) is 2.70. The first kappa shape index (κ1) is 11.7. The molecule has 1 heterocycles. The van der Waals surface area contributed by atoms with Crippen LogP contribution in [-0.4, -0.2) is 42.5 Å². The SMILES string of the molecule is O=C(NO)c1ccc(N2CCOCC2)cc1O. The molecule has 0 aromatic heterocycles. The van der Waals surface area contributed by atoms with E-state index in [0.29, 0.717) is 13.2 Å². The predicted molar refractivity (Wildman–Crippen MR) is 60.4 cm³/mol. The van der Waals surface area contributed by atoms with Gasteiger partial charge in [-0.15, -0.1) is 0 Å². The first-order chi connectivity index (χ1) is 8.22. The molecule has 1 amide bonds. The number of carbonyl (C=O) groups excluding carboxylic acids is 1. The van der Waals surface area contributed by atoms with E-state index in [-0.39, 0.29) is 11.3 Å². The van der Waals surface area contributed by atoms with Crippen LogP contribution in [0, 0.1) is 0 Å². The van der Waals surface area contributed by atoms with Crippen LogP contribution in [0.4, 0.5) is 5.69 Å². The molecule has 3 N–H and O–H groups in total. The molecular weight excluding hydrogens is 224 g/mol. The maximum atomic E-state index is 11.2. The molecule has 17 heavy (non-hydrogen) atoms. The Morgan fingerprint density at radius 3 is 2.65 bits per heavy atom. The van der Waals surface area contributed by atoms with Gasteiger partial charge in [-0.1, -0.05) is 0 Å². The van der Waals surface area contributed by atoms with Crippen LogP contribution in [0.2, 0.25) is 0 Å². The molecule has 0 unspecified atom stereocenters. The molecule has 0 saturated carbocycles. The largest absolute Gasteiger partial charge is 0.507 e. The Kier molecular flexibility index (Phi) is 3.46. The first-order valence-corrected chi connectivity index (χ1v) is 5.32. The standard InChI is InChI=1S/C11H14N2O4/c14-10-7-8(13-3-5-17-6-4-13)1-2-9(10)11(15)12-16/h1-2,7,14,16H,3-6H2,(H,12,15). The summed E-state index contributed by atoms with van der Waals surface area (Å²) >= 11 is 0. The van der Waals surface area contributed by atoms with Crippen LogP contribution in [0.1, 0.15) is 10.4 Å². The van der Waals surface area contributed by atoms with Crippen LogP contribution in [0.25, 0.3) is 0 Å². The minimum atomic E-state index is -0.726. The number of morpholine rings is 1. The van der Waals surface area contributed by atoms with Gasteiger partial charge in [-0.3, -0.25) is 10.0 Å². The lowest BCUT2D eigenvalue weighted by molar-refractivity contribution is 0.0703. The number of nitrogens with zero attached hydrogens (tertiary/aromatic N) is 1. The van der Waals surface area contributed by atoms with Gasteiger partial charge < -0.3 is 14.7 Å². The van der Waals surface area contributed by atoms with E-state index in [1.807, 2.05) is 0 Å². The molecule has 0 aliphatic carbocycles. The summed E-state index contributed by atoms with van der Waals surface area (Å²) in [5.74, 6) is -0.878. The minimum absolute atomic E-state index is 0.0458. The number of ether oxygens (including phenoxy) is 1. The van der Waals surface area contributed by atoms with Gasteiger partial charge in [-0.25, -0.2) is 5.48 Å². The van der Waals surface area contributed by atoms with E-state index in [1.165, 1.54) is 17.6 Å². The van der Waals surface area contributed by atoms with Crippen LogP contribution in [-0.2, 0) is 4.74 Å². The normalized spacial score (nSPS) is 15.7. The van der Waals surface area contributed by atoms with E-state index in [2.05, 4.69) is 4.90 Å². The van der Waals surface area contributed by atoms with Gasteiger partial charge in [-0.2, -0.15) is 0 Å². The van der Waals surface area contributed by atoms with Gasteiger partial charge in [0.05, 0.1) is 18.8 Å². The monoisotopic (exact) mass is 238 g/mol. The van der Waals surface area contributed by atoms with Gasteiger partial charge in [-0.05, 0) is 12.1 Å². The van der Waals surface area contributed by atoms with Crippen molar-refractivity contribution in [3.63, 3.8) is 0 Å². The lowest BCUT2D eigenvalue weighted by Gasteiger charge is -2.29. The Morgan fingerprint density at radius 2 is 2.06 bits per heavy atom. The van der Waals surface area contributed by atoms with Crippen molar-refractivity contribution in [1.29, 1.82) is 0 Å². The number of aromatic hydroxyl groups is 1. The molecule has 1 aromatic rings. The average molecular weight is 238 g/mol. The molecule has 1 fully saturated rings. The second-order valence-electron chi connectivity index (χ2n) is 3.74. The molecule has 0 bridgehead atoms. The van der Waals surface area contributed by atoms with Gasteiger partial charge >= 0.3 is 0 Å². The summed E-state index contributed by atoms with van der Waals surface area (Å²) in [5, 5.41) is 18.2. The second-order valence-corrected chi connectivity index (χ2v) is 3.74. The van der Waals surface area contributed by atoms with E-state index < -0.39 is 5.91 Å². The summed E-state index contributed by atoms with van der Waals surface area (Å²) in [6.45, 7) is 2.81. The van der Waals surface area contributed by atoms with Crippen molar-refractivity contribution < 1.29 is 19.8 Å². The highest BCUT2D eigenvalue weighted by Crippen LogP contribution is 2.25. The zero-order valence-corrected chi connectivity index (χ0v) is 9.22. The third kappa shape index (κ3) is 2.48. The summed E-state index contributed by atoms with van der Waals surface area (Å²) in [6.07, 6.45) is 0. The second kappa shape index (κ2) is 5.03. The van der Waals surface area contributed by atoms with Gasteiger partial charge in [0, 0.05) is 24.8 Å². The van der Waals surface area contributed by atoms with Gasteiger partial charge in [0.2, 0.25) is 0 Å². The van der Waals surface area contributed by atoms with Crippen LogP contribution >= 0.6 is 0 Å². The van der Waals surface area contributed by atoms with E-state index >= 15 is 0 Å². The Bertz CT molecular complexity index is 416. The first-order valence-electron chi connectivity index (χ1n) is 5.32. The molecule has 1 saturated heterocycles. The molecule has 0 radical (unpaired) electrons.